The highest BCUT2D eigenvalue weighted by Gasteiger charge is 2.16. The lowest BCUT2D eigenvalue weighted by Gasteiger charge is -2.20. The number of aliphatic hydroxyl groups excluding tert-OH is 1. The molecule has 0 saturated carbocycles. The molecule has 0 fully saturated rings. The van der Waals surface area contributed by atoms with Crippen molar-refractivity contribution < 1.29 is 10.0 Å². The highest BCUT2D eigenvalue weighted by molar-refractivity contribution is 5.63. The van der Waals surface area contributed by atoms with Crippen molar-refractivity contribution >= 4 is 17.5 Å². The molecular weight excluding hydrogens is 384 g/mol. The summed E-state index contributed by atoms with van der Waals surface area (Å²) in [6.07, 6.45) is 3.38. The van der Waals surface area contributed by atoms with Crippen molar-refractivity contribution in [3.63, 3.8) is 0 Å². The highest BCUT2D eigenvalue weighted by atomic mass is 16.6. The lowest BCUT2D eigenvalue weighted by Crippen LogP contribution is -2.30. The van der Waals surface area contributed by atoms with Gasteiger partial charge in [-0.2, -0.15) is 4.98 Å². The number of nitrogens with zero attached hydrogens (tertiary/aromatic N) is 4. The van der Waals surface area contributed by atoms with Crippen LogP contribution in [-0.2, 0) is 6.54 Å². The maximum Gasteiger partial charge on any atom is 0.274 e. The van der Waals surface area contributed by atoms with Gasteiger partial charge in [0, 0.05) is 42.2 Å². The molecule has 0 bridgehead atoms. The van der Waals surface area contributed by atoms with E-state index in [4.69, 9.17) is 0 Å². The minimum atomic E-state index is -0.403. The second-order valence-electron chi connectivity index (χ2n) is 7.12. The quantitative estimate of drug-likeness (QED) is 0.363. The molecule has 0 aliphatic heterocycles. The van der Waals surface area contributed by atoms with Gasteiger partial charge in [0.2, 0.25) is 5.95 Å². The Balaban J connectivity index is 1.91. The van der Waals surface area contributed by atoms with Crippen LogP contribution >= 0.6 is 0 Å². The van der Waals surface area contributed by atoms with Gasteiger partial charge in [-0.15, -0.1) is 0 Å². The third-order valence-electron chi connectivity index (χ3n) is 4.65. The number of hydrogen-bond donors (Lipinski definition) is 3. The number of rotatable bonds is 9. The van der Waals surface area contributed by atoms with Gasteiger partial charge in [0.1, 0.15) is 5.82 Å². The Bertz CT molecular complexity index is 997. The number of aliphatic hydroxyl groups is 1. The molecule has 3 rings (SSSR count). The summed E-state index contributed by atoms with van der Waals surface area (Å²) in [4.78, 5) is 24.0. The smallest absolute Gasteiger partial charge is 0.274 e. The van der Waals surface area contributed by atoms with Crippen LogP contribution in [0.2, 0.25) is 0 Å². The number of para-hydroxylation sites is 1. The Hall–Kier alpha value is -3.59. The van der Waals surface area contributed by atoms with Gasteiger partial charge in [-0.25, -0.2) is 4.98 Å². The first-order chi connectivity index (χ1) is 14.5. The fourth-order valence-electron chi connectivity index (χ4n) is 2.88. The van der Waals surface area contributed by atoms with Crippen molar-refractivity contribution in [3.8, 4) is 11.3 Å². The molecule has 0 amide bonds. The first kappa shape index (κ1) is 21.1. The molecule has 2 aromatic heterocycles. The average molecular weight is 408 g/mol. The van der Waals surface area contributed by atoms with Crippen LogP contribution in [0.1, 0.15) is 19.4 Å². The van der Waals surface area contributed by atoms with E-state index in [1.807, 2.05) is 26.0 Å². The van der Waals surface area contributed by atoms with E-state index in [0.717, 1.165) is 5.56 Å². The number of nitro benzene ring substituents is 1. The minimum Gasteiger partial charge on any atom is -0.394 e. The lowest BCUT2D eigenvalue weighted by molar-refractivity contribution is -0.385. The van der Waals surface area contributed by atoms with Crippen molar-refractivity contribution in [3.05, 3.63) is 70.5 Å². The van der Waals surface area contributed by atoms with Crippen LogP contribution < -0.4 is 10.6 Å². The van der Waals surface area contributed by atoms with E-state index in [-0.39, 0.29) is 30.8 Å². The average Bonchev–Trinajstić information content (AvgIpc) is 2.76. The molecule has 30 heavy (non-hydrogen) atoms. The van der Waals surface area contributed by atoms with Gasteiger partial charge >= 0.3 is 0 Å². The van der Waals surface area contributed by atoms with Crippen molar-refractivity contribution in [1.29, 1.82) is 0 Å². The molecule has 156 valence electrons. The molecule has 0 saturated heterocycles. The van der Waals surface area contributed by atoms with Crippen LogP contribution in [0.3, 0.4) is 0 Å². The number of hydrogen-bond acceptors (Lipinski definition) is 8. The lowest BCUT2D eigenvalue weighted by atomic mass is 10.1. The van der Waals surface area contributed by atoms with E-state index in [1.165, 1.54) is 6.07 Å². The zero-order valence-electron chi connectivity index (χ0n) is 16.8. The van der Waals surface area contributed by atoms with E-state index in [1.54, 1.807) is 36.7 Å². The molecule has 2 heterocycles. The molecular formula is C21H24N6O3. The van der Waals surface area contributed by atoms with Crippen molar-refractivity contribution in [1.82, 2.24) is 15.0 Å². The molecule has 9 heteroatoms. The van der Waals surface area contributed by atoms with Crippen LogP contribution in [0, 0.1) is 16.0 Å². The van der Waals surface area contributed by atoms with Crippen molar-refractivity contribution in [2.24, 2.45) is 5.92 Å². The summed E-state index contributed by atoms with van der Waals surface area (Å²) in [6.45, 7) is 4.16. The van der Waals surface area contributed by atoms with E-state index in [0.29, 0.717) is 23.0 Å². The third-order valence-corrected chi connectivity index (χ3v) is 4.65. The zero-order valence-corrected chi connectivity index (χ0v) is 16.8. The first-order valence-corrected chi connectivity index (χ1v) is 9.61. The molecule has 1 atom stereocenters. The Morgan fingerprint density at radius 3 is 2.63 bits per heavy atom. The number of nitro groups is 1. The van der Waals surface area contributed by atoms with Crippen LogP contribution in [0.5, 0.6) is 0 Å². The van der Waals surface area contributed by atoms with E-state index >= 15 is 0 Å². The summed E-state index contributed by atoms with van der Waals surface area (Å²) in [5.41, 5.74) is 2.05. The fourth-order valence-corrected chi connectivity index (χ4v) is 2.88. The number of anilines is 2. The maximum atomic E-state index is 11.3. The highest BCUT2D eigenvalue weighted by Crippen LogP contribution is 2.23. The summed E-state index contributed by atoms with van der Waals surface area (Å²) in [6, 6.07) is 11.8. The number of nitrogens with one attached hydrogen (secondary N) is 2. The van der Waals surface area contributed by atoms with Crippen molar-refractivity contribution in [2.45, 2.75) is 26.4 Å². The van der Waals surface area contributed by atoms with Crippen LogP contribution in [0.15, 0.2) is 54.9 Å². The zero-order chi connectivity index (χ0) is 21.5. The second-order valence-corrected chi connectivity index (χ2v) is 7.12. The maximum absolute atomic E-state index is 11.3. The van der Waals surface area contributed by atoms with Crippen molar-refractivity contribution in [2.75, 3.05) is 17.2 Å². The Morgan fingerprint density at radius 1 is 1.17 bits per heavy atom. The minimum absolute atomic E-state index is 0.0463. The molecule has 3 N–H and O–H groups in total. The molecule has 1 aromatic carbocycles. The van der Waals surface area contributed by atoms with Gasteiger partial charge in [0.15, 0.2) is 0 Å². The Kier molecular flexibility index (Phi) is 6.87. The molecule has 0 aliphatic carbocycles. The third kappa shape index (κ3) is 5.26. The summed E-state index contributed by atoms with van der Waals surface area (Å²) in [7, 11) is 0. The molecule has 0 unspecified atom stereocenters. The van der Waals surface area contributed by atoms with Gasteiger partial charge in [-0.3, -0.25) is 15.1 Å². The van der Waals surface area contributed by atoms with Crippen LogP contribution in [0.4, 0.5) is 17.5 Å². The van der Waals surface area contributed by atoms with Gasteiger partial charge in [0.05, 0.1) is 23.3 Å². The molecule has 9 nitrogen and oxygen atoms in total. The second kappa shape index (κ2) is 9.75. The Labute approximate surface area is 174 Å². The normalized spacial score (nSPS) is 11.9. The van der Waals surface area contributed by atoms with Crippen LogP contribution in [-0.4, -0.2) is 37.6 Å². The van der Waals surface area contributed by atoms with Crippen LogP contribution in [0.25, 0.3) is 11.3 Å². The van der Waals surface area contributed by atoms with E-state index < -0.39 is 4.92 Å². The first-order valence-electron chi connectivity index (χ1n) is 9.61. The molecule has 0 radical (unpaired) electrons. The predicted octanol–water partition coefficient (Wildman–Crippen LogP) is 3.49. The monoisotopic (exact) mass is 408 g/mol. The summed E-state index contributed by atoms with van der Waals surface area (Å²) < 4.78 is 0. The standard InChI is InChI=1S/C21H24N6O3/c1-14(2)18(13-28)25-21-24-17(15-7-5-9-22-11-15)10-20(26-21)23-12-16-6-3-4-8-19(16)27(29)30/h3-11,14,18,28H,12-13H2,1-2H3,(H2,23,24,25,26)/t18-/m1/s1. The van der Waals surface area contributed by atoms with E-state index in [2.05, 4.69) is 25.6 Å². The summed E-state index contributed by atoms with van der Waals surface area (Å²) >= 11 is 0. The molecule has 3 aromatic rings. The molecule has 0 spiro atoms. The Morgan fingerprint density at radius 2 is 1.97 bits per heavy atom. The predicted molar refractivity (Wildman–Crippen MR) is 115 cm³/mol. The number of benzene rings is 1. The topological polar surface area (TPSA) is 126 Å². The summed E-state index contributed by atoms with van der Waals surface area (Å²) in [5, 5.41) is 27.2. The van der Waals surface area contributed by atoms with Gasteiger partial charge in [-0.05, 0) is 18.1 Å². The van der Waals surface area contributed by atoms with Gasteiger partial charge in [-0.1, -0.05) is 32.0 Å². The van der Waals surface area contributed by atoms with Gasteiger partial charge < -0.3 is 15.7 Å². The fraction of sp³-hybridized carbons (Fsp3) is 0.286. The SMILES string of the molecule is CC(C)[C@@H](CO)Nc1nc(NCc2ccccc2[N+](=O)[O-])cc(-c2cccnc2)n1. The number of aromatic nitrogens is 3. The molecule has 0 aliphatic rings. The largest absolute Gasteiger partial charge is 0.394 e. The van der Waals surface area contributed by atoms with E-state index in [9.17, 15) is 15.2 Å². The number of pyridine rings is 1. The summed E-state index contributed by atoms with van der Waals surface area (Å²) in [5.74, 6) is 1.03. The van der Waals surface area contributed by atoms with Gasteiger partial charge in [0.25, 0.3) is 5.69 Å².